The molecule has 1 saturated carbocycles. The first-order valence-corrected chi connectivity index (χ1v) is 5.63. The molecule has 0 aliphatic heterocycles. The van der Waals surface area contributed by atoms with E-state index in [-0.39, 0.29) is 6.04 Å². The van der Waals surface area contributed by atoms with Gasteiger partial charge in [0, 0.05) is 6.04 Å². The van der Waals surface area contributed by atoms with Crippen molar-refractivity contribution in [2.75, 3.05) is 0 Å². The smallest absolute Gasteiger partial charge is 0.397 e. The average Bonchev–Trinajstić information content (AvgIpc) is 2.28. The summed E-state index contributed by atoms with van der Waals surface area (Å²) in [5.74, 6) is -1.46. The molecule has 1 rings (SSSR count). The molecular formula is C8H12F2NO4S-. The topological polar surface area (TPSA) is 70.6 Å². The lowest BCUT2D eigenvalue weighted by Gasteiger charge is -2.24. The largest absolute Gasteiger partial charge is 0.691 e. The van der Waals surface area contributed by atoms with E-state index >= 15 is 0 Å². The van der Waals surface area contributed by atoms with E-state index in [1.54, 1.807) is 0 Å². The summed E-state index contributed by atoms with van der Waals surface area (Å²) >= 11 is -0.605. The summed E-state index contributed by atoms with van der Waals surface area (Å²) < 4.78 is 29.4. The summed E-state index contributed by atoms with van der Waals surface area (Å²) in [5.41, 5.74) is 0. The van der Waals surface area contributed by atoms with E-state index in [0.29, 0.717) is 12.8 Å². The number of carbonyl (C=O) groups is 1. The first-order chi connectivity index (χ1) is 7.56. The highest BCUT2D eigenvalue weighted by atomic mass is 32.2. The highest BCUT2D eigenvalue weighted by Gasteiger charge is 2.42. The number of hydrogen-bond acceptors (Lipinski definition) is 5. The van der Waals surface area contributed by atoms with Crippen LogP contribution in [-0.2, 0) is 14.2 Å². The molecule has 0 aromatic carbocycles. The molecule has 0 atom stereocenters. The molecule has 0 unspecified atom stereocenters. The van der Waals surface area contributed by atoms with Crippen LogP contribution in [0, 0.1) is 0 Å². The van der Waals surface area contributed by atoms with Gasteiger partial charge >= 0.3 is 11.2 Å². The Kier molecular flexibility index (Phi) is 5.39. The fourth-order valence-electron chi connectivity index (χ4n) is 1.61. The molecule has 0 spiro atoms. The SMILES string of the molecule is O=C(NC1CCCCC1)C(F)(F)SOO[O-]. The lowest BCUT2D eigenvalue weighted by atomic mass is 9.95. The first kappa shape index (κ1) is 13.6. The van der Waals surface area contributed by atoms with Gasteiger partial charge in [-0.1, -0.05) is 19.3 Å². The molecule has 1 fully saturated rings. The van der Waals surface area contributed by atoms with E-state index in [2.05, 4.69) is 14.7 Å². The molecule has 0 radical (unpaired) electrons. The lowest BCUT2D eigenvalue weighted by molar-refractivity contribution is -0.777. The van der Waals surface area contributed by atoms with Crippen molar-refractivity contribution in [2.45, 2.75) is 43.4 Å². The highest BCUT2D eigenvalue weighted by molar-refractivity contribution is 7.96. The number of amides is 1. The molecule has 1 aliphatic carbocycles. The quantitative estimate of drug-likeness (QED) is 0.449. The summed E-state index contributed by atoms with van der Waals surface area (Å²) in [6.45, 7) is 0. The minimum absolute atomic E-state index is 0.221. The fraction of sp³-hybridized carbons (Fsp3) is 0.875. The molecule has 0 heterocycles. The predicted molar refractivity (Wildman–Crippen MR) is 49.7 cm³/mol. The minimum atomic E-state index is -3.82. The standard InChI is InChI=1S/C8H13F2NO4S/c9-8(10,16-15-14-13)7(12)11-6-4-2-1-3-5-6/h6,13H,1-5H2,(H,11,12)/p-1. The summed E-state index contributed by atoms with van der Waals surface area (Å²) in [6, 6.07) is -0.221. The van der Waals surface area contributed by atoms with E-state index in [1.807, 2.05) is 0 Å². The number of carbonyl (C=O) groups excluding carboxylic acids is 1. The number of rotatable bonds is 5. The molecule has 0 aromatic heterocycles. The van der Waals surface area contributed by atoms with Gasteiger partial charge in [0.15, 0.2) is 0 Å². The number of halogens is 2. The second kappa shape index (κ2) is 6.33. The van der Waals surface area contributed by atoms with Crippen LogP contribution in [0.1, 0.15) is 32.1 Å². The molecule has 1 aliphatic rings. The Morgan fingerprint density at radius 1 is 1.38 bits per heavy atom. The Balaban J connectivity index is 2.36. The zero-order valence-electron chi connectivity index (χ0n) is 8.41. The molecule has 0 saturated heterocycles. The normalized spacial score (nSPS) is 18.4. The maximum Gasteiger partial charge on any atom is 0.397 e. The van der Waals surface area contributed by atoms with Gasteiger partial charge in [0.05, 0.1) is 0 Å². The third-order valence-corrected chi connectivity index (χ3v) is 2.89. The zero-order chi connectivity index (χ0) is 12.0. The molecule has 5 nitrogen and oxygen atoms in total. The Labute approximate surface area is 95.5 Å². The highest BCUT2D eigenvalue weighted by Crippen LogP contribution is 2.30. The number of hydrogen-bond donors (Lipinski definition) is 1. The van der Waals surface area contributed by atoms with Gasteiger partial charge < -0.3 is 10.6 Å². The lowest BCUT2D eigenvalue weighted by Crippen LogP contribution is -2.44. The Morgan fingerprint density at radius 2 is 2.00 bits per heavy atom. The Hall–Kier alpha value is -0.440. The van der Waals surface area contributed by atoms with Crippen molar-refractivity contribution in [3.8, 4) is 0 Å². The van der Waals surface area contributed by atoms with Gasteiger partial charge in [0.1, 0.15) is 12.0 Å². The molecule has 8 heteroatoms. The number of nitrogens with one attached hydrogen (secondary N) is 1. The van der Waals surface area contributed by atoms with Gasteiger partial charge in [-0.15, -0.1) is 0 Å². The van der Waals surface area contributed by atoms with Crippen molar-refractivity contribution >= 4 is 17.9 Å². The van der Waals surface area contributed by atoms with Gasteiger partial charge in [-0.2, -0.15) is 13.1 Å². The van der Waals surface area contributed by atoms with E-state index in [4.69, 9.17) is 0 Å². The maximum atomic E-state index is 13.0. The predicted octanol–water partition coefficient (Wildman–Crippen LogP) is 0.900. The summed E-state index contributed by atoms with van der Waals surface area (Å²) in [6.07, 6.45) is 4.30. The van der Waals surface area contributed by atoms with Crippen LogP contribution in [-0.4, -0.2) is 17.2 Å². The van der Waals surface area contributed by atoms with Gasteiger partial charge in [-0.05, 0) is 12.8 Å². The molecule has 0 bridgehead atoms. The van der Waals surface area contributed by atoms with E-state index < -0.39 is 23.2 Å². The molecule has 1 amide bonds. The van der Waals surface area contributed by atoms with Crippen LogP contribution in [0.15, 0.2) is 0 Å². The van der Waals surface area contributed by atoms with E-state index in [9.17, 15) is 18.8 Å². The number of alkyl halides is 2. The molecule has 16 heavy (non-hydrogen) atoms. The second-order valence-corrected chi connectivity index (χ2v) is 4.36. The third-order valence-electron chi connectivity index (χ3n) is 2.37. The van der Waals surface area contributed by atoms with Crippen LogP contribution >= 0.6 is 12.0 Å². The monoisotopic (exact) mass is 256 g/mol. The van der Waals surface area contributed by atoms with Crippen LogP contribution in [0.25, 0.3) is 0 Å². The van der Waals surface area contributed by atoms with Gasteiger partial charge in [0.2, 0.25) is 0 Å². The van der Waals surface area contributed by atoms with Crippen molar-refractivity contribution in [2.24, 2.45) is 0 Å². The van der Waals surface area contributed by atoms with E-state index in [1.165, 1.54) is 0 Å². The fourth-order valence-corrected chi connectivity index (χ4v) is 1.86. The molecular weight excluding hydrogens is 244 g/mol. The summed E-state index contributed by atoms with van der Waals surface area (Å²) in [5, 5.41) is 10.6. The summed E-state index contributed by atoms with van der Waals surface area (Å²) in [4.78, 5) is 11.1. The van der Waals surface area contributed by atoms with Crippen LogP contribution < -0.4 is 10.6 Å². The second-order valence-electron chi connectivity index (χ2n) is 3.54. The van der Waals surface area contributed by atoms with Crippen molar-refractivity contribution in [3.63, 3.8) is 0 Å². The molecule has 1 N–H and O–H groups in total. The van der Waals surface area contributed by atoms with Crippen LogP contribution in [0.4, 0.5) is 8.78 Å². The molecule has 94 valence electrons. The molecule has 0 aromatic rings. The van der Waals surface area contributed by atoms with Crippen LogP contribution in [0.3, 0.4) is 0 Å². The van der Waals surface area contributed by atoms with Gasteiger partial charge in [-0.3, -0.25) is 9.83 Å². The zero-order valence-corrected chi connectivity index (χ0v) is 9.23. The van der Waals surface area contributed by atoms with E-state index in [0.717, 1.165) is 19.3 Å². The van der Waals surface area contributed by atoms with Crippen LogP contribution in [0.5, 0.6) is 0 Å². The maximum absolute atomic E-state index is 13.0. The van der Waals surface area contributed by atoms with Gasteiger partial charge in [0.25, 0.3) is 0 Å². The first-order valence-electron chi connectivity index (χ1n) is 4.89. The van der Waals surface area contributed by atoms with Crippen molar-refractivity contribution in [3.05, 3.63) is 0 Å². The van der Waals surface area contributed by atoms with Crippen LogP contribution in [0.2, 0.25) is 0 Å². The van der Waals surface area contributed by atoms with Crippen molar-refractivity contribution < 1.29 is 28.2 Å². The third kappa shape index (κ3) is 4.20. The minimum Gasteiger partial charge on any atom is -0.691 e. The Morgan fingerprint density at radius 3 is 2.56 bits per heavy atom. The van der Waals surface area contributed by atoms with Gasteiger partial charge in [-0.25, -0.2) is 0 Å². The van der Waals surface area contributed by atoms with Crippen molar-refractivity contribution in [1.82, 2.24) is 5.32 Å². The van der Waals surface area contributed by atoms with Crippen molar-refractivity contribution in [1.29, 1.82) is 0 Å². The Bertz CT molecular complexity index is 236. The summed E-state index contributed by atoms with van der Waals surface area (Å²) in [7, 11) is 0. The average molecular weight is 256 g/mol.